The zero-order chi connectivity index (χ0) is 24.6. The second-order valence-electron chi connectivity index (χ2n) is 7.38. The summed E-state index contributed by atoms with van der Waals surface area (Å²) in [6.45, 7) is 5.12. The normalized spacial score (nSPS) is 12.1. The van der Waals surface area contributed by atoms with Crippen molar-refractivity contribution in [2.75, 3.05) is 10.8 Å². The van der Waals surface area contributed by atoms with Crippen molar-refractivity contribution in [3.05, 3.63) is 64.0 Å². The van der Waals surface area contributed by atoms with E-state index < -0.39 is 27.7 Å². The molecule has 1 heterocycles. The van der Waals surface area contributed by atoms with Crippen molar-refractivity contribution < 1.29 is 31.5 Å². The average molecular weight is 499 g/mol. The number of carboxylic acid groups (broad SMARTS) is 1. The zero-order valence-electron chi connectivity index (χ0n) is 18.0. The Balaban J connectivity index is 2.02. The zero-order valence-corrected chi connectivity index (χ0v) is 19.6. The molecule has 0 fully saturated rings. The maximum atomic E-state index is 13.4. The van der Waals surface area contributed by atoms with E-state index in [1.807, 2.05) is 0 Å². The van der Waals surface area contributed by atoms with Crippen molar-refractivity contribution in [3.63, 3.8) is 0 Å². The summed E-state index contributed by atoms with van der Waals surface area (Å²) in [5.41, 5.74) is 0.527. The van der Waals surface area contributed by atoms with E-state index in [9.17, 15) is 31.5 Å². The number of nitrogens with zero attached hydrogens (tertiary/aromatic N) is 2. The fraction of sp³-hybridized carbons (Fsp3) is 0.273. The molecule has 0 unspecified atom stereocenters. The first kappa shape index (κ1) is 24.7. The van der Waals surface area contributed by atoms with E-state index >= 15 is 0 Å². The molecule has 1 aromatic heterocycles. The van der Waals surface area contributed by atoms with Gasteiger partial charge in [-0.25, -0.2) is 22.5 Å². The number of aromatic carboxylic acids is 1. The second-order valence-corrected chi connectivity index (χ2v) is 10.1. The molecule has 0 saturated heterocycles. The lowest BCUT2D eigenvalue weighted by atomic mass is 10.0. The third-order valence-electron chi connectivity index (χ3n) is 5.09. The van der Waals surface area contributed by atoms with Crippen LogP contribution in [0.3, 0.4) is 0 Å². The molecule has 0 bridgehead atoms. The molecule has 3 aromatic rings. The summed E-state index contributed by atoms with van der Waals surface area (Å²) in [6.07, 6.45) is -4.00. The first-order valence-corrected chi connectivity index (χ1v) is 12.2. The minimum absolute atomic E-state index is 0.0911. The third kappa shape index (κ3) is 5.03. The van der Waals surface area contributed by atoms with Crippen LogP contribution in [0.5, 0.6) is 0 Å². The lowest BCUT2D eigenvalue weighted by Gasteiger charge is -2.22. The van der Waals surface area contributed by atoms with Crippen LogP contribution in [0.25, 0.3) is 10.6 Å². The van der Waals surface area contributed by atoms with Gasteiger partial charge in [-0.3, -0.25) is 0 Å². The van der Waals surface area contributed by atoms with E-state index in [-0.39, 0.29) is 22.8 Å². The van der Waals surface area contributed by atoms with Gasteiger partial charge in [-0.1, -0.05) is 19.1 Å². The SMILES string of the molecule is CCCN(c1csc(-c2ccc(C(F)(F)F)cc2)n1)S(=O)(=O)c1cc(C)c(C)c(C(=O)O)c1. The minimum Gasteiger partial charge on any atom is -0.478 e. The Hall–Kier alpha value is -2.92. The van der Waals surface area contributed by atoms with Gasteiger partial charge in [-0.15, -0.1) is 11.3 Å². The Morgan fingerprint density at radius 3 is 2.33 bits per heavy atom. The molecule has 1 N–H and O–H groups in total. The van der Waals surface area contributed by atoms with Gasteiger partial charge in [0.1, 0.15) is 5.01 Å². The monoisotopic (exact) mass is 498 g/mol. The molecule has 33 heavy (non-hydrogen) atoms. The van der Waals surface area contributed by atoms with Crippen LogP contribution < -0.4 is 4.31 Å². The largest absolute Gasteiger partial charge is 0.478 e. The van der Waals surface area contributed by atoms with Crippen LogP contribution in [0.4, 0.5) is 19.0 Å². The van der Waals surface area contributed by atoms with Gasteiger partial charge in [-0.05, 0) is 55.7 Å². The molecule has 0 aliphatic rings. The van der Waals surface area contributed by atoms with Crippen LogP contribution in [0.1, 0.15) is 40.4 Å². The van der Waals surface area contributed by atoms with E-state index in [1.54, 1.807) is 20.8 Å². The highest BCUT2D eigenvalue weighted by molar-refractivity contribution is 7.92. The smallest absolute Gasteiger partial charge is 0.416 e. The Kier molecular flexibility index (Phi) is 6.85. The Bertz CT molecular complexity index is 1280. The number of thiazole rings is 1. The third-order valence-corrected chi connectivity index (χ3v) is 7.75. The van der Waals surface area contributed by atoms with Gasteiger partial charge >= 0.3 is 12.1 Å². The van der Waals surface area contributed by atoms with E-state index in [4.69, 9.17) is 0 Å². The highest BCUT2D eigenvalue weighted by atomic mass is 32.2. The van der Waals surface area contributed by atoms with Gasteiger partial charge in [0.2, 0.25) is 0 Å². The maximum Gasteiger partial charge on any atom is 0.416 e. The number of benzene rings is 2. The number of rotatable bonds is 7. The van der Waals surface area contributed by atoms with Gasteiger partial charge in [-0.2, -0.15) is 13.2 Å². The van der Waals surface area contributed by atoms with Crippen molar-refractivity contribution in [1.29, 1.82) is 0 Å². The predicted molar refractivity (Wildman–Crippen MR) is 120 cm³/mol. The number of carbonyl (C=O) groups is 1. The van der Waals surface area contributed by atoms with Gasteiger partial charge in [0.15, 0.2) is 5.82 Å². The number of anilines is 1. The number of hydrogen-bond donors (Lipinski definition) is 1. The summed E-state index contributed by atoms with van der Waals surface area (Å²) < 4.78 is 66.4. The van der Waals surface area contributed by atoms with Gasteiger partial charge in [0.25, 0.3) is 10.0 Å². The lowest BCUT2D eigenvalue weighted by molar-refractivity contribution is -0.137. The summed E-state index contributed by atoms with van der Waals surface area (Å²) in [6, 6.07) is 7.01. The molecule has 0 amide bonds. The van der Waals surface area contributed by atoms with Gasteiger partial charge in [0, 0.05) is 17.5 Å². The van der Waals surface area contributed by atoms with Crippen LogP contribution in [-0.2, 0) is 16.2 Å². The van der Waals surface area contributed by atoms with Crippen LogP contribution in [-0.4, -0.2) is 31.0 Å². The molecule has 3 rings (SSSR count). The molecule has 0 aliphatic carbocycles. The van der Waals surface area contributed by atoms with Gasteiger partial charge in [0.05, 0.1) is 16.0 Å². The number of alkyl halides is 3. The molecular formula is C22H21F3N2O4S2. The number of hydrogen-bond acceptors (Lipinski definition) is 5. The quantitative estimate of drug-likeness (QED) is 0.448. The van der Waals surface area contributed by atoms with Crippen molar-refractivity contribution >= 4 is 33.1 Å². The topological polar surface area (TPSA) is 87.6 Å². The fourth-order valence-corrected chi connectivity index (χ4v) is 5.69. The van der Waals surface area contributed by atoms with Crippen molar-refractivity contribution in [2.45, 2.75) is 38.3 Å². The Morgan fingerprint density at radius 2 is 1.79 bits per heavy atom. The van der Waals surface area contributed by atoms with Crippen LogP contribution in [0, 0.1) is 13.8 Å². The molecule has 0 spiro atoms. The number of carboxylic acids is 1. The van der Waals surface area contributed by atoms with Crippen LogP contribution >= 0.6 is 11.3 Å². The Morgan fingerprint density at radius 1 is 1.15 bits per heavy atom. The molecule has 2 aromatic carbocycles. The summed E-state index contributed by atoms with van der Waals surface area (Å²) in [5.74, 6) is -1.11. The van der Waals surface area contributed by atoms with Crippen molar-refractivity contribution in [3.8, 4) is 10.6 Å². The molecule has 0 aliphatic heterocycles. The first-order valence-electron chi connectivity index (χ1n) is 9.86. The lowest BCUT2D eigenvalue weighted by Crippen LogP contribution is -2.32. The highest BCUT2D eigenvalue weighted by Gasteiger charge is 2.31. The van der Waals surface area contributed by atoms with E-state index in [0.29, 0.717) is 28.1 Å². The molecule has 11 heteroatoms. The molecule has 6 nitrogen and oxygen atoms in total. The summed E-state index contributed by atoms with van der Waals surface area (Å²) in [7, 11) is -4.14. The maximum absolute atomic E-state index is 13.4. The fourth-order valence-electron chi connectivity index (χ4n) is 3.20. The molecule has 0 radical (unpaired) electrons. The molecule has 176 valence electrons. The van der Waals surface area contributed by atoms with Crippen LogP contribution in [0.15, 0.2) is 46.7 Å². The van der Waals surface area contributed by atoms with E-state index in [0.717, 1.165) is 33.8 Å². The molecule has 0 saturated carbocycles. The van der Waals surface area contributed by atoms with Crippen molar-refractivity contribution in [2.24, 2.45) is 0 Å². The number of aryl methyl sites for hydroxylation is 1. The van der Waals surface area contributed by atoms with E-state index in [1.165, 1.54) is 23.6 Å². The minimum atomic E-state index is -4.46. The molecule has 0 atom stereocenters. The van der Waals surface area contributed by atoms with Gasteiger partial charge < -0.3 is 5.11 Å². The highest BCUT2D eigenvalue weighted by Crippen LogP contribution is 2.34. The Labute approximate surface area is 193 Å². The number of aromatic nitrogens is 1. The predicted octanol–water partition coefficient (Wildman–Crippen LogP) is 5.75. The summed E-state index contributed by atoms with van der Waals surface area (Å²) in [5, 5.41) is 11.3. The summed E-state index contributed by atoms with van der Waals surface area (Å²) in [4.78, 5) is 15.8. The van der Waals surface area contributed by atoms with Crippen LogP contribution in [0.2, 0.25) is 0 Å². The summed E-state index contributed by atoms with van der Waals surface area (Å²) >= 11 is 1.10. The number of sulfonamides is 1. The van der Waals surface area contributed by atoms with E-state index in [2.05, 4.69) is 4.98 Å². The second kappa shape index (κ2) is 9.14. The van der Waals surface area contributed by atoms with Crippen molar-refractivity contribution in [1.82, 2.24) is 4.98 Å². The first-order chi connectivity index (χ1) is 15.4. The average Bonchev–Trinajstić information content (AvgIpc) is 3.22. The number of halogens is 3. The standard InChI is InChI=1S/C22H21F3N2O4S2/c1-4-9-27(33(30,31)17-10-13(2)14(3)18(11-17)21(28)29)19-12-32-20(26-19)15-5-7-16(8-6-15)22(23,24)25/h5-8,10-12H,4,9H2,1-3H3,(H,28,29). The molecular weight excluding hydrogens is 477 g/mol.